The van der Waals surface area contributed by atoms with E-state index in [9.17, 15) is 9.59 Å². The molecule has 14 heavy (non-hydrogen) atoms. The fourth-order valence-electron chi connectivity index (χ4n) is 1.19. The van der Waals surface area contributed by atoms with Gasteiger partial charge in [0.15, 0.2) is 0 Å². The van der Waals surface area contributed by atoms with E-state index in [1.807, 2.05) is 6.92 Å². The second-order valence-electron chi connectivity index (χ2n) is 2.78. The molecule has 5 heteroatoms. The molecule has 0 bridgehead atoms. The zero-order valence-corrected chi connectivity index (χ0v) is 8.40. The molecule has 0 unspecified atom stereocenters. The first-order valence-corrected chi connectivity index (χ1v) is 4.26. The SMILES string of the molecule is CCn1ncc(C(=O)C(=O)OC)c1C. The summed E-state index contributed by atoms with van der Waals surface area (Å²) in [6.07, 6.45) is 1.39. The maximum atomic E-state index is 11.4. The number of carbonyl (C=O) groups is 2. The van der Waals surface area contributed by atoms with Gasteiger partial charge in [-0.2, -0.15) is 5.10 Å². The van der Waals surface area contributed by atoms with Gasteiger partial charge in [-0.3, -0.25) is 9.48 Å². The summed E-state index contributed by atoms with van der Waals surface area (Å²) in [7, 11) is 1.18. The highest BCUT2D eigenvalue weighted by Crippen LogP contribution is 2.08. The van der Waals surface area contributed by atoms with Gasteiger partial charge in [0.05, 0.1) is 18.9 Å². The van der Waals surface area contributed by atoms with Gasteiger partial charge < -0.3 is 4.74 Å². The van der Waals surface area contributed by atoms with Crippen molar-refractivity contribution in [2.75, 3.05) is 7.11 Å². The number of aromatic nitrogens is 2. The topological polar surface area (TPSA) is 61.2 Å². The third-order valence-electron chi connectivity index (χ3n) is 2.02. The monoisotopic (exact) mass is 196 g/mol. The molecule has 0 aliphatic carbocycles. The highest BCUT2D eigenvalue weighted by Gasteiger charge is 2.21. The summed E-state index contributed by atoms with van der Waals surface area (Å²) in [6, 6.07) is 0. The Morgan fingerprint density at radius 3 is 2.64 bits per heavy atom. The summed E-state index contributed by atoms with van der Waals surface area (Å²) >= 11 is 0. The number of carbonyl (C=O) groups excluding carboxylic acids is 2. The minimum Gasteiger partial charge on any atom is -0.463 e. The number of rotatable bonds is 3. The van der Waals surface area contributed by atoms with Crippen LogP contribution in [0.4, 0.5) is 0 Å². The maximum absolute atomic E-state index is 11.4. The number of esters is 1. The minimum absolute atomic E-state index is 0.304. The van der Waals surface area contributed by atoms with Crippen LogP contribution in [0.1, 0.15) is 23.0 Å². The van der Waals surface area contributed by atoms with Crippen LogP contribution >= 0.6 is 0 Å². The number of nitrogens with zero attached hydrogens (tertiary/aromatic N) is 2. The molecular weight excluding hydrogens is 184 g/mol. The summed E-state index contributed by atoms with van der Waals surface area (Å²) < 4.78 is 5.99. The van der Waals surface area contributed by atoms with Crippen LogP contribution in [-0.2, 0) is 16.1 Å². The number of methoxy groups -OCH3 is 1. The zero-order chi connectivity index (χ0) is 10.7. The van der Waals surface area contributed by atoms with Crippen molar-refractivity contribution in [1.82, 2.24) is 9.78 Å². The molecule has 1 heterocycles. The molecule has 1 aromatic rings. The lowest BCUT2D eigenvalue weighted by molar-refractivity contribution is -0.135. The first-order chi connectivity index (χ1) is 6.61. The van der Waals surface area contributed by atoms with Crippen molar-refractivity contribution in [2.45, 2.75) is 20.4 Å². The molecule has 0 aliphatic heterocycles. The molecule has 0 saturated heterocycles. The Morgan fingerprint density at radius 2 is 2.21 bits per heavy atom. The molecule has 0 saturated carbocycles. The van der Waals surface area contributed by atoms with Crippen LogP contribution in [0.2, 0.25) is 0 Å². The van der Waals surface area contributed by atoms with Crippen molar-refractivity contribution in [3.05, 3.63) is 17.5 Å². The Morgan fingerprint density at radius 1 is 1.57 bits per heavy atom. The third-order valence-corrected chi connectivity index (χ3v) is 2.02. The van der Waals surface area contributed by atoms with E-state index < -0.39 is 11.8 Å². The average molecular weight is 196 g/mol. The van der Waals surface area contributed by atoms with Gasteiger partial charge >= 0.3 is 5.97 Å². The van der Waals surface area contributed by atoms with Gasteiger partial charge in [-0.15, -0.1) is 0 Å². The number of ether oxygens (including phenoxy) is 1. The van der Waals surface area contributed by atoms with E-state index in [2.05, 4.69) is 9.84 Å². The van der Waals surface area contributed by atoms with Crippen LogP contribution in [0.15, 0.2) is 6.20 Å². The van der Waals surface area contributed by atoms with Crippen LogP contribution in [0.25, 0.3) is 0 Å². The van der Waals surface area contributed by atoms with Crippen LogP contribution in [0.5, 0.6) is 0 Å². The van der Waals surface area contributed by atoms with Crippen LogP contribution < -0.4 is 0 Å². The smallest absolute Gasteiger partial charge is 0.379 e. The lowest BCUT2D eigenvalue weighted by Crippen LogP contribution is -2.16. The quantitative estimate of drug-likeness (QED) is 0.403. The van der Waals surface area contributed by atoms with E-state index >= 15 is 0 Å². The van der Waals surface area contributed by atoms with Crippen molar-refractivity contribution in [1.29, 1.82) is 0 Å². The molecule has 0 fully saturated rings. The summed E-state index contributed by atoms with van der Waals surface area (Å²) in [6.45, 7) is 4.32. The Bertz CT molecular complexity index is 368. The number of Topliss-reactive ketones (excluding diaryl/α,β-unsaturated/α-hetero) is 1. The predicted molar refractivity (Wildman–Crippen MR) is 49.0 cm³/mol. The number of hydrogen-bond acceptors (Lipinski definition) is 4. The van der Waals surface area contributed by atoms with Crippen molar-refractivity contribution in [3.8, 4) is 0 Å². The van der Waals surface area contributed by atoms with Gasteiger partial charge in [-0.1, -0.05) is 0 Å². The van der Waals surface area contributed by atoms with E-state index in [0.29, 0.717) is 17.8 Å². The molecule has 0 radical (unpaired) electrons. The van der Waals surface area contributed by atoms with Gasteiger partial charge in [-0.05, 0) is 13.8 Å². The van der Waals surface area contributed by atoms with Gasteiger partial charge in [-0.25, -0.2) is 4.79 Å². The number of hydrogen-bond donors (Lipinski definition) is 0. The normalized spacial score (nSPS) is 9.93. The highest BCUT2D eigenvalue weighted by atomic mass is 16.5. The van der Waals surface area contributed by atoms with Gasteiger partial charge in [0, 0.05) is 12.2 Å². The van der Waals surface area contributed by atoms with E-state index in [4.69, 9.17) is 0 Å². The highest BCUT2D eigenvalue weighted by molar-refractivity contribution is 6.40. The molecule has 5 nitrogen and oxygen atoms in total. The molecule has 0 N–H and O–H groups in total. The Hall–Kier alpha value is -1.65. The first-order valence-electron chi connectivity index (χ1n) is 4.26. The van der Waals surface area contributed by atoms with E-state index in [1.165, 1.54) is 13.3 Å². The number of aryl methyl sites for hydroxylation is 1. The van der Waals surface area contributed by atoms with Crippen molar-refractivity contribution >= 4 is 11.8 Å². The van der Waals surface area contributed by atoms with Crippen molar-refractivity contribution < 1.29 is 14.3 Å². The maximum Gasteiger partial charge on any atom is 0.379 e. The Balaban J connectivity index is 3.02. The van der Waals surface area contributed by atoms with Crippen LogP contribution in [0.3, 0.4) is 0 Å². The summed E-state index contributed by atoms with van der Waals surface area (Å²) in [5.74, 6) is -1.51. The Kier molecular flexibility index (Phi) is 3.01. The average Bonchev–Trinajstić information content (AvgIpc) is 2.57. The van der Waals surface area contributed by atoms with E-state index in [1.54, 1.807) is 11.6 Å². The van der Waals surface area contributed by atoms with Crippen LogP contribution in [-0.4, -0.2) is 28.6 Å². The Labute approximate surface area is 81.7 Å². The lowest BCUT2D eigenvalue weighted by Gasteiger charge is -2.00. The van der Waals surface area contributed by atoms with Crippen molar-refractivity contribution in [2.24, 2.45) is 0 Å². The van der Waals surface area contributed by atoms with E-state index in [-0.39, 0.29) is 0 Å². The fraction of sp³-hybridized carbons (Fsp3) is 0.444. The summed E-state index contributed by atoms with van der Waals surface area (Å²) in [5.41, 5.74) is 0.988. The second kappa shape index (κ2) is 4.04. The molecule has 76 valence electrons. The minimum atomic E-state index is -0.858. The summed E-state index contributed by atoms with van der Waals surface area (Å²) in [5, 5.41) is 3.96. The van der Waals surface area contributed by atoms with Gasteiger partial charge in [0.1, 0.15) is 0 Å². The first kappa shape index (κ1) is 10.4. The second-order valence-corrected chi connectivity index (χ2v) is 2.78. The molecular formula is C9H12N2O3. The van der Waals surface area contributed by atoms with Gasteiger partial charge in [0.25, 0.3) is 5.78 Å². The molecule has 0 aromatic carbocycles. The lowest BCUT2D eigenvalue weighted by atomic mass is 10.2. The molecule has 0 amide bonds. The van der Waals surface area contributed by atoms with Crippen LogP contribution in [0, 0.1) is 6.92 Å². The molecule has 0 aliphatic rings. The fourth-order valence-corrected chi connectivity index (χ4v) is 1.19. The standard InChI is InChI=1S/C9H12N2O3/c1-4-11-6(2)7(5-10-11)8(12)9(13)14-3/h5H,4H2,1-3H3. The van der Waals surface area contributed by atoms with E-state index in [0.717, 1.165) is 0 Å². The van der Waals surface area contributed by atoms with Crippen molar-refractivity contribution in [3.63, 3.8) is 0 Å². The zero-order valence-electron chi connectivity index (χ0n) is 8.40. The molecule has 1 rings (SSSR count). The van der Waals surface area contributed by atoms with Gasteiger partial charge in [0.2, 0.25) is 0 Å². The molecule has 0 atom stereocenters. The predicted octanol–water partition coefficient (Wildman–Crippen LogP) is 0.567. The molecule has 0 spiro atoms. The third kappa shape index (κ3) is 1.66. The molecule has 1 aromatic heterocycles. The largest absolute Gasteiger partial charge is 0.463 e. The summed E-state index contributed by atoms with van der Waals surface area (Å²) in [4.78, 5) is 22.4. The number of ketones is 1.